The summed E-state index contributed by atoms with van der Waals surface area (Å²) in [4.78, 5) is 0. The predicted octanol–water partition coefficient (Wildman–Crippen LogP) is 3.55. The van der Waals surface area contributed by atoms with Crippen molar-refractivity contribution in [2.75, 3.05) is 0 Å². The van der Waals surface area contributed by atoms with E-state index in [1.807, 2.05) is 0 Å². The van der Waals surface area contributed by atoms with Gasteiger partial charge in [-0.3, -0.25) is 0 Å². The van der Waals surface area contributed by atoms with Crippen molar-refractivity contribution in [2.24, 2.45) is 0 Å². The van der Waals surface area contributed by atoms with E-state index in [2.05, 4.69) is 30.3 Å². The van der Waals surface area contributed by atoms with Gasteiger partial charge in [-0.1, -0.05) is 80.5 Å². The third-order valence-electron chi connectivity index (χ3n) is 3.25. The number of rotatable bonds is 2. The van der Waals surface area contributed by atoms with Gasteiger partial charge in [0, 0.05) is 0 Å². The summed E-state index contributed by atoms with van der Waals surface area (Å²) in [7, 11) is 1.05. The third-order valence-corrected chi connectivity index (χ3v) is 4.90. The summed E-state index contributed by atoms with van der Waals surface area (Å²) >= 11 is 0. The van der Waals surface area contributed by atoms with Gasteiger partial charge in [-0.25, -0.2) is 0 Å². The van der Waals surface area contributed by atoms with Gasteiger partial charge in [0.25, 0.3) is 0 Å². The van der Waals surface area contributed by atoms with Crippen LogP contribution >= 0.6 is 0 Å². The van der Waals surface area contributed by atoms with Crippen LogP contribution in [0.2, 0.25) is 5.54 Å². The van der Waals surface area contributed by atoms with Gasteiger partial charge in [-0.2, -0.15) is 0 Å². The summed E-state index contributed by atoms with van der Waals surface area (Å²) in [6.07, 6.45) is 10.3. The highest BCUT2D eigenvalue weighted by molar-refractivity contribution is 6.54. The molecule has 1 heteroatoms. The summed E-state index contributed by atoms with van der Waals surface area (Å²) < 4.78 is 0. The maximum Gasteiger partial charge on any atom is 0.0842 e. The van der Waals surface area contributed by atoms with Crippen molar-refractivity contribution in [3.05, 3.63) is 30.3 Å². The van der Waals surface area contributed by atoms with Crippen molar-refractivity contribution in [1.29, 1.82) is 0 Å². The van der Waals surface area contributed by atoms with Crippen LogP contribution in [-0.2, 0) is 0 Å². The van der Waals surface area contributed by atoms with Gasteiger partial charge in [-0.15, -0.1) is 0 Å². The largest absolute Gasteiger partial charge is 0.0842 e. The van der Waals surface area contributed by atoms with Gasteiger partial charge in [0.15, 0.2) is 0 Å². The van der Waals surface area contributed by atoms with Gasteiger partial charge < -0.3 is 0 Å². The molecule has 0 amide bonds. The van der Waals surface area contributed by atoms with Gasteiger partial charge in [0.05, 0.1) is 9.52 Å². The Bertz CT molecular complexity index is 260. The van der Waals surface area contributed by atoms with E-state index >= 15 is 0 Å². The SMILES string of the molecule is c1ccc([Si]C2CCCCCCC2)cc1. The first-order valence-electron chi connectivity index (χ1n) is 6.27. The van der Waals surface area contributed by atoms with E-state index in [1.165, 1.54) is 44.9 Å². The van der Waals surface area contributed by atoms with Gasteiger partial charge in [0.2, 0.25) is 0 Å². The molecular formula is C14H20Si. The molecule has 1 aromatic rings. The summed E-state index contributed by atoms with van der Waals surface area (Å²) in [5.41, 5.74) is 0.979. The van der Waals surface area contributed by atoms with Crippen LogP contribution < -0.4 is 5.19 Å². The fourth-order valence-electron chi connectivity index (χ4n) is 2.37. The summed E-state index contributed by atoms with van der Waals surface area (Å²) in [5.74, 6) is 0. The summed E-state index contributed by atoms with van der Waals surface area (Å²) in [6.45, 7) is 0. The molecule has 1 aromatic carbocycles. The number of hydrogen-bond donors (Lipinski definition) is 0. The highest BCUT2D eigenvalue weighted by atomic mass is 28.2. The molecule has 0 bridgehead atoms. The van der Waals surface area contributed by atoms with E-state index in [4.69, 9.17) is 0 Å². The molecule has 80 valence electrons. The first kappa shape index (κ1) is 10.9. The van der Waals surface area contributed by atoms with E-state index in [9.17, 15) is 0 Å². The Labute approximate surface area is 95.9 Å². The van der Waals surface area contributed by atoms with E-state index in [0.717, 1.165) is 15.1 Å². The molecule has 15 heavy (non-hydrogen) atoms. The van der Waals surface area contributed by atoms with Crippen LogP contribution in [0.3, 0.4) is 0 Å². The lowest BCUT2D eigenvalue weighted by Crippen LogP contribution is -2.19. The molecule has 0 N–H and O–H groups in total. The zero-order valence-corrected chi connectivity index (χ0v) is 10.4. The molecule has 0 heterocycles. The topological polar surface area (TPSA) is 0 Å². The van der Waals surface area contributed by atoms with E-state index in [1.54, 1.807) is 5.19 Å². The van der Waals surface area contributed by atoms with Crippen LogP contribution in [0.5, 0.6) is 0 Å². The lowest BCUT2D eigenvalue weighted by molar-refractivity contribution is 0.502. The minimum Gasteiger partial charge on any atom is -0.0639 e. The fourth-order valence-corrected chi connectivity index (χ4v) is 3.92. The van der Waals surface area contributed by atoms with Crippen molar-refractivity contribution in [1.82, 2.24) is 0 Å². The summed E-state index contributed by atoms with van der Waals surface area (Å²) in [5, 5.41) is 1.56. The van der Waals surface area contributed by atoms with Crippen molar-refractivity contribution < 1.29 is 0 Å². The maximum atomic E-state index is 2.29. The van der Waals surface area contributed by atoms with E-state index in [-0.39, 0.29) is 0 Å². The molecule has 1 aliphatic carbocycles. The highest BCUT2D eigenvalue weighted by Gasteiger charge is 2.12. The van der Waals surface area contributed by atoms with Crippen LogP contribution in [0.15, 0.2) is 30.3 Å². The molecule has 1 saturated carbocycles. The lowest BCUT2D eigenvalue weighted by Gasteiger charge is -2.18. The zero-order chi connectivity index (χ0) is 10.3. The van der Waals surface area contributed by atoms with Crippen molar-refractivity contribution >= 4 is 14.7 Å². The van der Waals surface area contributed by atoms with E-state index in [0.29, 0.717) is 0 Å². The molecule has 0 aromatic heterocycles. The normalized spacial score (nSPS) is 19.5. The standard InChI is InChI=1S/C14H20Si/c1-2-5-9-13(10-6-3-1)15-14-11-7-4-8-12-14/h4,7-8,11-13H,1-3,5-6,9-10H2. The highest BCUT2D eigenvalue weighted by Crippen LogP contribution is 2.25. The Morgan fingerprint density at radius 2 is 1.40 bits per heavy atom. The molecule has 0 unspecified atom stereocenters. The lowest BCUT2D eigenvalue weighted by atomic mass is 10.0. The minimum atomic E-state index is 0.979. The Balaban J connectivity index is 1.86. The van der Waals surface area contributed by atoms with Crippen LogP contribution in [0, 0.1) is 0 Å². The second-order valence-corrected chi connectivity index (χ2v) is 6.23. The number of benzene rings is 1. The summed E-state index contributed by atoms with van der Waals surface area (Å²) in [6, 6.07) is 11.0. The van der Waals surface area contributed by atoms with Gasteiger partial charge in [-0.05, 0) is 5.54 Å². The molecule has 2 rings (SSSR count). The smallest absolute Gasteiger partial charge is 0.0639 e. The first-order chi connectivity index (χ1) is 7.45. The van der Waals surface area contributed by atoms with Crippen LogP contribution in [0.1, 0.15) is 44.9 Å². The van der Waals surface area contributed by atoms with Crippen molar-refractivity contribution in [3.8, 4) is 0 Å². The Morgan fingerprint density at radius 3 is 2.07 bits per heavy atom. The van der Waals surface area contributed by atoms with E-state index < -0.39 is 0 Å². The molecule has 0 saturated heterocycles. The van der Waals surface area contributed by atoms with Crippen LogP contribution in [0.25, 0.3) is 0 Å². The second-order valence-electron chi connectivity index (χ2n) is 4.55. The first-order valence-corrected chi connectivity index (χ1v) is 7.34. The third kappa shape index (κ3) is 3.82. The van der Waals surface area contributed by atoms with Crippen LogP contribution in [-0.4, -0.2) is 9.52 Å². The van der Waals surface area contributed by atoms with Crippen LogP contribution in [0.4, 0.5) is 0 Å². The Hall–Kier alpha value is -0.563. The fraction of sp³-hybridized carbons (Fsp3) is 0.571. The average molecular weight is 216 g/mol. The predicted molar refractivity (Wildman–Crippen MR) is 67.9 cm³/mol. The average Bonchev–Trinajstić information content (AvgIpc) is 2.23. The maximum absolute atomic E-state index is 2.29. The quantitative estimate of drug-likeness (QED) is 0.663. The molecule has 0 aliphatic heterocycles. The molecule has 1 fully saturated rings. The molecule has 0 atom stereocenters. The van der Waals surface area contributed by atoms with Gasteiger partial charge >= 0.3 is 0 Å². The zero-order valence-electron chi connectivity index (χ0n) is 9.41. The molecule has 0 spiro atoms. The second kappa shape index (κ2) is 6.11. The Kier molecular flexibility index (Phi) is 4.46. The number of hydrogen-bond acceptors (Lipinski definition) is 0. The molecule has 1 aliphatic rings. The minimum absolute atomic E-state index is 0.979. The van der Waals surface area contributed by atoms with Crippen molar-refractivity contribution in [2.45, 2.75) is 50.5 Å². The molecular weight excluding hydrogens is 196 g/mol. The molecule has 0 nitrogen and oxygen atoms in total. The Morgan fingerprint density at radius 1 is 0.800 bits per heavy atom. The van der Waals surface area contributed by atoms with Crippen molar-refractivity contribution in [3.63, 3.8) is 0 Å². The molecule has 2 radical (unpaired) electrons. The van der Waals surface area contributed by atoms with Gasteiger partial charge in [0.1, 0.15) is 0 Å². The monoisotopic (exact) mass is 216 g/mol.